The number of ether oxygens (including phenoxy) is 1. The van der Waals surface area contributed by atoms with Crippen LogP contribution < -0.4 is 10.1 Å². The minimum absolute atomic E-state index is 0.0257. The highest BCUT2D eigenvalue weighted by molar-refractivity contribution is 5.78. The number of pyridine rings is 1. The molecule has 2 heterocycles. The van der Waals surface area contributed by atoms with Gasteiger partial charge in [0.25, 0.3) is 0 Å². The summed E-state index contributed by atoms with van der Waals surface area (Å²) in [6.07, 6.45) is 2.23. The summed E-state index contributed by atoms with van der Waals surface area (Å²) in [7, 11) is 1.62. The molecule has 0 aliphatic carbocycles. The van der Waals surface area contributed by atoms with Gasteiger partial charge in [-0.2, -0.15) is 5.10 Å². The van der Waals surface area contributed by atoms with Crippen molar-refractivity contribution in [1.82, 2.24) is 14.9 Å². The average molecular weight is 295 g/mol. The van der Waals surface area contributed by atoms with Crippen molar-refractivity contribution in [3.63, 3.8) is 0 Å². The second-order valence-corrected chi connectivity index (χ2v) is 5.01. The monoisotopic (exact) mass is 295 g/mol. The largest absolute Gasteiger partial charge is 0.497 e. The number of carbonyl (C=O) groups is 1. The lowest BCUT2D eigenvalue weighted by molar-refractivity contribution is -0.120. The Balaban J connectivity index is 1.57. The van der Waals surface area contributed by atoms with E-state index in [0.29, 0.717) is 13.0 Å². The van der Waals surface area contributed by atoms with Gasteiger partial charge in [0.2, 0.25) is 5.91 Å². The van der Waals surface area contributed by atoms with Crippen molar-refractivity contribution >= 4 is 11.4 Å². The van der Waals surface area contributed by atoms with Crippen LogP contribution in [0.1, 0.15) is 11.3 Å². The van der Waals surface area contributed by atoms with Crippen LogP contribution in [0.15, 0.2) is 54.7 Å². The van der Waals surface area contributed by atoms with E-state index in [0.717, 1.165) is 22.5 Å². The molecule has 2 aromatic heterocycles. The predicted octanol–water partition coefficient (Wildman–Crippen LogP) is 2.20. The molecule has 0 radical (unpaired) electrons. The smallest absolute Gasteiger partial charge is 0.224 e. The summed E-state index contributed by atoms with van der Waals surface area (Å²) in [5.74, 6) is 0.760. The summed E-state index contributed by atoms with van der Waals surface area (Å²) >= 11 is 0. The fourth-order valence-electron chi connectivity index (χ4n) is 2.26. The molecule has 0 spiro atoms. The summed E-state index contributed by atoms with van der Waals surface area (Å²) in [6.45, 7) is 0.427. The van der Waals surface area contributed by atoms with E-state index in [1.165, 1.54) is 0 Å². The van der Waals surface area contributed by atoms with Gasteiger partial charge in [-0.25, -0.2) is 4.52 Å². The number of aromatic nitrogens is 2. The van der Waals surface area contributed by atoms with Crippen LogP contribution in [-0.4, -0.2) is 22.6 Å². The number of hydrogen-bond donors (Lipinski definition) is 1. The quantitative estimate of drug-likeness (QED) is 0.785. The Morgan fingerprint density at radius 1 is 1.23 bits per heavy atom. The van der Waals surface area contributed by atoms with Gasteiger partial charge in [-0.15, -0.1) is 0 Å². The van der Waals surface area contributed by atoms with Crippen LogP contribution in [-0.2, 0) is 17.8 Å². The predicted molar refractivity (Wildman–Crippen MR) is 83.7 cm³/mol. The molecule has 22 heavy (non-hydrogen) atoms. The van der Waals surface area contributed by atoms with Crippen molar-refractivity contribution in [2.45, 2.75) is 13.0 Å². The SMILES string of the molecule is COc1ccc(CC(=O)NCc2cc3ccccn3n2)cc1. The molecule has 0 fully saturated rings. The lowest BCUT2D eigenvalue weighted by Crippen LogP contribution is -2.24. The highest BCUT2D eigenvalue weighted by Crippen LogP contribution is 2.11. The topological polar surface area (TPSA) is 55.6 Å². The fraction of sp³-hybridized carbons (Fsp3) is 0.176. The molecule has 0 aliphatic rings. The minimum Gasteiger partial charge on any atom is -0.497 e. The van der Waals surface area contributed by atoms with Crippen molar-refractivity contribution in [3.05, 3.63) is 66.0 Å². The molecule has 3 aromatic rings. The first-order valence-corrected chi connectivity index (χ1v) is 7.07. The van der Waals surface area contributed by atoms with E-state index in [9.17, 15) is 4.79 Å². The fourth-order valence-corrected chi connectivity index (χ4v) is 2.26. The maximum atomic E-state index is 12.0. The van der Waals surface area contributed by atoms with Crippen LogP contribution in [0.3, 0.4) is 0 Å². The Bertz CT molecular complexity index is 745. The van der Waals surface area contributed by atoms with Crippen molar-refractivity contribution in [3.8, 4) is 5.75 Å². The normalized spacial score (nSPS) is 10.6. The zero-order valence-corrected chi connectivity index (χ0v) is 12.3. The van der Waals surface area contributed by atoms with Crippen LogP contribution >= 0.6 is 0 Å². The number of rotatable bonds is 5. The van der Waals surface area contributed by atoms with E-state index in [1.807, 2.05) is 54.7 Å². The van der Waals surface area contributed by atoms with Gasteiger partial charge in [-0.05, 0) is 35.9 Å². The van der Waals surface area contributed by atoms with Crippen LogP contribution in [0, 0.1) is 0 Å². The molecule has 5 nitrogen and oxygen atoms in total. The van der Waals surface area contributed by atoms with Gasteiger partial charge in [0.1, 0.15) is 5.75 Å². The number of methoxy groups -OCH3 is 1. The molecule has 0 saturated carbocycles. The van der Waals surface area contributed by atoms with Gasteiger partial charge >= 0.3 is 0 Å². The maximum Gasteiger partial charge on any atom is 0.224 e. The van der Waals surface area contributed by atoms with Crippen molar-refractivity contribution in [2.24, 2.45) is 0 Å². The third-order valence-electron chi connectivity index (χ3n) is 3.41. The molecule has 0 atom stereocenters. The standard InChI is InChI=1S/C17H17N3O2/c1-22-16-7-5-13(6-8-16)10-17(21)18-12-14-11-15-4-2-3-9-20(15)19-14/h2-9,11H,10,12H2,1H3,(H,18,21). The van der Waals surface area contributed by atoms with Crippen LogP contribution in [0.4, 0.5) is 0 Å². The third-order valence-corrected chi connectivity index (χ3v) is 3.41. The highest BCUT2D eigenvalue weighted by atomic mass is 16.5. The zero-order valence-electron chi connectivity index (χ0n) is 12.3. The number of benzene rings is 1. The number of carbonyl (C=O) groups excluding carboxylic acids is 1. The summed E-state index contributed by atoms with van der Waals surface area (Å²) < 4.78 is 6.89. The van der Waals surface area contributed by atoms with Gasteiger partial charge in [-0.3, -0.25) is 4.79 Å². The first-order valence-electron chi connectivity index (χ1n) is 7.07. The number of hydrogen-bond acceptors (Lipinski definition) is 3. The van der Waals surface area contributed by atoms with E-state index < -0.39 is 0 Å². The van der Waals surface area contributed by atoms with E-state index in [-0.39, 0.29) is 5.91 Å². The summed E-state index contributed by atoms with van der Waals surface area (Å²) in [5.41, 5.74) is 2.81. The first kappa shape index (κ1) is 14.1. The van der Waals surface area contributed by atoms with Crippen molar-refractivity contribution in [2.75, 3.05) is 7.11 Å². The maximum absolute atomic E-state index is 12.0. The molecule has 1 N–H and O–H groups in total. The second-order valence-electron chi connectivity index (χ2n) is 5.01. The van der Waals surface area contributed by atoms with Crippen LogP contribution in [0.2, 0.25) is 0 Å². The number of amides is 1. The summed E-state index contributed by atoms with van der Waals surface area (Å²) in [5, 5.41) is 7.29. The van der Waals surface area contributed by atoms with Gasteiger partial charge in [0.15, 0.2) is 0 Å². The molecule has 1 aromatic carbocycles. The van der Waals surface area contributed by atoms with Gasteiger partial charge < -0.3 is 10.1 Å². The number of nitrogens with one attached hydrogen (secondary N) is 1. The molecule has 0 unspecified atom stereocenters. The average Bonchev–Trinajstić information content (AvgIpc) is 2.96. The van der Waals surface area contributed by atoms with Gasteiger partial charge in [0.05, 0.1) is 31.3 Å². The Labute approximate surface area is 128 Å². The Morgan fingerprint density at radius 3 is 2.77 bits per heavy atom. The molecule has 1 amide bonds. The molecule has 0 saturated heterocycles. The number of fused-ring (bicyclic) bond motifs is 1. The first-order chi connectivity index (χ1) is 10.7. The lowest BCUT2D eigenvalue weighted by Gasteiger charge is -2.04. The zero-order chi connectivity index (χ0) is 15.4. The summed E-state index contributed by atoms with van der Waals surface area (Å²) in [6, 6.07) is 15.3. The van der Waals surface area contributed by atoms with E-state index in [1.54, 1.807) is 11.6 Å². The molecule has 5 heteroatoms. The highest BCUT2D eigenvalue weighted by Gasteiger charge is 2.06. The Morgan fingerprint density at radius 2 is 2.05 bits per heavy atom. The molecule has 0 aliphatic heterocycles. The Hall–Kier alpha value is -2.82. The third kappa shape index (κ3) is 3.25. The van der Waals surface area contributed by atoms with Crippen molar-refractivity contribution < 1.29 is 9.53 Å². The van der Waals surface area contributed by atoms with E-state index in [2.05, 4.69) is 10.4 Å². The van der Waals surface area contributed by atoms with Crippen LogP contribution in [0.25, 0.3) is 5.52 Å². The Kier molecular flexibility index (Phi) is 4.05. The van der Waals surface area contributed by atoms with Gasteiger partial charge in [0, 0.05) is 6.20 Å². The number of nitrogens with zero attached hydrogens (tertiary/aromatic N) is 2. The second kappa shape index (κ2) is 6.30. The molecule has 3 rings (SSSR count). The lowest BCUT2D eigenvalue weighted by atomic mass is 10.1. The summed E-state index contributed by atoms with van der Waals surface area (Å²) in [4.78, 5) is 12.0. The molecular weight excluding hydrogens is 278 g/mol. The molecule has 112 valence electrons. The van der Waals surface area contributed by atoms with E-state index in [4.69, 9.17) is 4.74 Å². The van der Waals surface area contributed by atoms with Gasteiger partial charge in [-0.1, -0.05) is 18.2 Å². The van der Waals surface area contributed by atoms with Crippen molar-refractivity contribution in [1.29, 1.82) is 0 Å². The van der Waals surface area contributed by atoms with E-state index >= 15 is 0 Å². The molecule has 0 bridgehead atoms. The van der Waals surface area contributed by atoms with Crippen LogP contribution in [0.5, 0.6) is 5.75 Å². The molecular formula is C17H17N3O2. The minimum atomic E-state index is -0.0257.